The Bertz CT molecular complexity index is 1010. The number of hydrogen-bond acceptors (Lipinski definition) is 3. The average Bonchev–Trinajstić information content (AvgIpc) is 3.41. The van der Waals surface area contributed by atoms with Crippen LogP contribution in [-0.4, -0.2) is 16.9 Å². The van der Waals surface area contributed by atoms with Gasteiger partial charge in [0.05, 0.1) is 0 Å². The van der Waals surface area contributed by atoms with Crippen molar-refractivity contribution < 1.29 is 22.8 Å². The molecule has 2 fully saturated rings. The van der Waals surface area contributed by atoms with E-state index in [1.165, 1.54) is 0 Å². The quantitative estimate of drug-likeness (QED) is 0.368. The Kier molecular flexibility index (Phi) is 6.16. The van der Waals surface area contributed by atoms with Crippen LogP contribution < -0.4 is 5.32 Å². The number of ketones is 1. The fraction of sp³-hybridized carbons (Fsp3) is 0.364. The van der Waals surface area contributed by atoms with Gasteiger partial charge in [0.2, 0.25) is 0 Å². The second-order valence-corrected chi connectivity index (χ2v) is 10.4. The molecule has 8 heteroatoms. The zero-order valence-corrected chi connectivity index (χ0v) is 19.0. The first-order valence-electron chi connectivity index (χ1n) is 9.67. The highest BCUT2D eigenvalue weighted by Crippen LogP contribution is 2.58. The fourth-order valence-corrected chi connectivity index (χ4v) is 6.44. The van der Waals surface area contributed by atoms with Crippen LogP contribution in [0.2, 0.25) is 0 Å². The molecular weight excluding hydrogens is 526 g/mol. The van der Waals surface area contributed by atoms with Gasteiger partial charge in [-0.2, -0.15) is 0 Å². The van der Waals surface area contributed by atoms with Gasteiger partial charge in [-0.3, -0.25) is 9.59 Å². The van der Waals surface area contributed by atoms with Crippen LogP contribution in [0, 0.1) is 38.8 Å². The van der Waals surface area contributed by atoms with E-state index >= 15 is 0 Å². The van der Waals surface area contributed by atoms with Crippen molar-refractivity contribution in [3.8, 4) is 0 Å². The molecule has 2 aromatic carbocycles. The molecule has 3 nitrogen and oxygen atoms in total. The number of carbonyl (C=O) groups is 2. The first-order valence-corrected chi connectivity index (χ1v) is 11.6. The molecule has 158 valence electrons. The summed E-state index contributed by atoms with van der Waals surface area (Å²) < 4.78 is 40.9. The zero-order valence-electron chi connectivity index (χ0n) is 16.1. The van der Waals surface area contributed by atoms with E-state index < -0.39 is 23.4 Å². The number of thioether (sulfide) groups is 1. The molecule has 0 aliphatic heterocycles. The van der Waals surface area contributed by atoms with Gasteiger partial charge in [-0.1, -0.05) is 0 Å². The Hall–Kier alpha value is -1.55. The summed E-state index contributed by atoms with van der Waals surface area (Å²) in [7, 11) is 0. The van der Waals surface area contributed by atoms with Gasteiger partial charge in [0.15, 0.2) is 17.5 Å². The Morgan fingerprint density at radius 3 is 2.43 bits per heavy atom. The Morgan fingerprint density at radius 1 is 1.07 bits per heavy atom. The van der Waals surface area contributed by atoms with Crippen molar-refractivity contribution in [2.24, 2.45) is 17.8 Å². The number of Topliss-reactive ketones (excluding diaryl/α,β-unsaturated/α-hetero) is 1. The van der Waals surface area contributed by atoms with Crippen molar-refractivity contribution in [2.75, 3.05) is 5.32 Å². The number of fused-ring (bicyclic) bond motifs is 1. The molecule has 2 aliphatic carbocycles. The first kappa shape index (κ1) is 21.7. The third kappa shape index (κ3) is 4.39. The van der Waals surface area contributed by atoms with Gasteiger partial charge in [0.1, 0.15) is 5.78 Å². The smallest absolute Gasteiger partial charge is 0.255 e. The summed E-state index contributed by atoms with van der Waals surface area (Å²) in [5.41, 5.74) is 0.205. The van der Waals surface area contributed by atoms with E-state index in [4.69, 9.17) is 0 Å². The van der Waals surface area contributed by atoms with Gasteiger partial charge in [-0.25, -0.2) is 13.2 Å². The lowest BCUT2D eigenvalue weighted by Crippen LogP contribution is -2.14. The summed E-state index contributed by atoms with van der Waals surface area (Å²) in [5.74, 6) is -3.26. The minimum atomic E-state index is -1.57. The lowest BCUT2D eigenvalue weighted by atomic mass is 10.0. The van der Waals surface area contributed by atoms with Gasteiger partial charge >= 0.3 is 0 Å². The van der Waals surface area contributed by atoms with Crippen LogP contribution in [-0.2, 0) is 4.79 Å². The van der Waals surface area contributed by atoms with Gasteiger partial charge < -0.3 is 5.32 Å². The molecule has 4 atom stereocenters. The summed E-state index contributed by atoms with van der Waals surface area (Å²) in [6.45, 7) is 1.68. The number of nitrogens with one attached hydrogen (secondary N) is 1. The summed E-state index contributed by atoms with van der Waals surface area (Å²) in [5, 5.41) is 2.81. The highest BCUT2D eigenvalue weighted by molar-refractivity contribution is 14.1. The SMILES string of the molecule is CC(=O)C1C2CCC(Sc3cc(C(=O)Nc4cc(F)c(F)c(F)c4)ccc3I)CC21. The fourth-order valence-electron chi connectivity index (χ4n) is 4.42. The van der Waals surface area contributed by atoms with E-state index in [9.17, 15) is 22.8 Å². The molecule has 2 aromatic rings. The number of rotatable bonds is 5. The molecule has 4 unspecified atom stereocenters. The molecule has 0 bridgehead atoms. The summed E-state index contributed by atoms with van der Waals surface area (Å²) in [6, 6.07) is 6.72. The van der Waals surface area contributed by atoms with E-state index in [1.54, 1.807) is 30.8 Å². The van der Waals surface area contributed by atoms with E-state index in [1.807, 2.05) is 6.07 Å². The van der Waals surface area contributed by atoms with Crippen molar-refractivity contribution in [2.45, 2.75) is 36.3 Å². The minimum absolute atomic E-state index is 0.147. The van der Waals surface area contributed by atoms with Gasteiger partial charge in [0.25, 0.3) is 5.91 Å². The van der Waals surface area contributed by atoms with E-state index in [2.05, 4.69) is 27.9 Å². The molecule has 0 spiro atoms. The van der Waals surface area contributed by atoms with Crippen LogP contribution in [0.5, 0.6) is 0 Å². The largest absolute Gasteiger partial charge is 0.322 e. The van der Waals surface area contributed by atoms with Crippen LogP contribution in [0.25, 0.3) is 0 Å². The molecule has 30 heavy (non-hydrogen) atoms. The van der Waals surface area contributed by atoms with Crippen LogP contribution in [0.4, 0.5) is 18.9 Å². The summed E-state index contributed by atoms with van der Waals surface area (Å²) in [4.78, 5) is 25.2. The summed E-state index contributed by atoms with van der Waals surface area (Å²) >= 11 is 3.93. The maximum atomic E-state index is 13.4. The number of benzene rings is 2. The van der Waals surface area contributed by atoms with Crippen molar-refractivity contribution >= 4 is 51.7 Å². The predicted octanol–water partition coefficient (Wildman–Crippen LogP) is 6.06. The third-order valence-corrected chi connectivity index (χ3v) is 8.55. The Labute approximate surface area is 190 Å². The highest BCUT2D eigenvalue weighted by Gasteiger charge is 2.55. The molecule has 0 heterocycles. The maximum absolute atomic E-state index is 13.4. The lowest BCUT2D eigenvalue weighted by Gasteiger charge is -2.21. The topological polar surface area (TPSA) is 46.2 Å². The number of halogens is 4. The normalized spacial score (nSPS) is 24.8. The Balaban J connectivity index is 1.45. The van der Waals surface area contributed by atoms with E-state index in [-0.39, 0.29) is 17.4 Å². The van der Waals surface area contributed by atoms with Crippen LogP contribution in [0.15, 0.2) is 35.2 Å². The number of amides is 1. The van der Waals surface area contributed by atoms with Gasteiger partial charge in [0, 0.05) is 43.0 Å². The standard InChI is InChI=1S/C22H19F3INO2S/c1-10(28)20-14-4-3-13(9-15(14)20)30-19-6-11(2-5-18(19)26)22(29)27-12-7-16(23)21(25)17(24)8-12/h2,5-8,13-15,20H,3-4,9H2,1H3,(H,27,29). The maximum Gasteiger partial charge on any atom is 0.255 e. The molecule has 2 saturated carbocycles. The first-order chi connectivity index (χ1) is 14.2. The van der Waals surface area contributed by atoms with Crippen molar-refractivity contribution in [1.29, 1.82) is 0 Å². The molecule has 2 aliphatic rings. The molecule has 0 aromatic heterocycles. The molecule has 4 rings (SSSR count). The van der Waals surface area contributed by atoms with Crippen LogP contribution >= 0.6 is 34.4 Å². The second-order valence-electron chi connectivity index (χ2n) is 7.87. The van der Waals surface area contributed by atoms with Gasteiger partial charge in [-0.15, -0.1) is 11.8 Å². The Morgan fingerprint density at radius 2 is 1.77 bits per heavy atom. The zero-order chi connectivity index (χ0) is 21.6. The van der Waals surface area contributed by atoms with Crippen molar-refractivity contribution in [3.05, 3.63) is 56.9 Å². The highest BCUT2D eigenvalue weighted by atomic mass is 127. The van der Waals surface area contributed by atoms with E-state index in [0.29, 0.717) is 22.6 Å². The van der Waals surface area contributed by atoms with E-state index in [0.717, 1.165) is 39.9 Å². The molecule has 1 amide bonds. The molecule has 0 saturated heterocycles. The van der Waals surface area contributed by atoms with Crippen LogP contribution in [0.3, 0.4) is 0 Å². The average molecular weight is 545 g/mol. The summed E-state index contributed by atoms with van der Waals surface area (Å²) in [6.07, 6.45) is 3.10. The predicted molar refractivity (Wildman–Crippen MR) is 118 cm³/mol. The minimum Gasteiger partial charge on any atom is -0.322 e. The molecule has 0 radical (unpaired) electrons. The lowest BCUT2D eigenvalue weighted by molar-refractivity contribution is -0.118. The molecule has 1 N–H and O–H groups in total. The number of hydrogen-bond donors (Lipinski definition) is 1. The van der Waals surface area contributed by atoms with Crippen LogP contribution in [0.1, 0.15) is 36.5 Å². The monoisotopic (exact) mass is 545 g/mol. The van der Waals surface area contributed by atoms with Crippen molar-refractivity contribution in [1.82, 2.24) is 0 Å². The molecular formula is C22H19F3INO2S. The number of anilines is 1. The van der Waals surface area contributed by atoms with Gasteiger partial charge in [-0.05, 0) is 78.8 Å². The van der Waals surface area contributed by atoms with Crippen molar-refractivity contribution in [3.63, 3.8) is 0 Å². The number of carbonyl (C=O) groups excluding carboxylic acids is 2. The third-order valence-electron chi connectivity index (χ3n) is 5.89. The second kappa shape index (κ2) is 8.53.